The Morgan fingerprint density at radius 3 is 2.67 bits per heavy atom. The molecule has 0 aromatic heterocycles. The topological polar surface area (TPSA) is 70.7 Å². The Labute approximate surface area is 109 Å². The second-order valence-electron chi connectivity index (χ2n) is 5.41. The molecule has 1 amide bonds. The maximum Gasteiger partial charge on any atom is 0.217 e. The Morgan fingerprint density at radius 2 is 2.00 bits per heavy atom. The van der Waals surface area contributed by atoms with E-state index in [1.54, 1.807) is 6.92 Å². The normalized spacial score (nSPS) is 26.4. The van der Waals surface area contributed by atoms with Gasteiger partial charge in [-0.15, -0.1) is 0 Å². The van der Waals surface area contributed by atoms with Crippen LogP contribution in [0.1, 0.15) is 45.4 Å². The lowest BCUT2D eigenvalue weighted by Gasteiger charge is -2.22. The average Bonchev–Trinajstić information content (AvgIpc) is 2.78. The van der Waals surface area contributed by atoms with E-state index < -0.39 is 0 Å². The van der Waals surface area contributed by atoms with Crippen molar-refractivity contribution in [1.82, 2.24) is 10.2 Å². The Kier molecular flexibility index (Phi) is 4.44. The SMILES string of the molecule is CC(=O)NC1CCN(C(N)=NC2CCCCC2)C1. The number of hydrogen-bond acceptors (Lipinski definition) is 2. The van der Waals surface area contributed by atoms with Crippen molar-refractivity contribution in [3.63, 3.8) is 0 Å². The van der Waals surface area contributed by atoms with Crippen molar-refractivity contribution in [2.24, 2.45) is 10.7 Å². The van der Waals surface area contributed by atoms with Crippen molar-refractivity contribution in [3.8, 4) is 0 Å². The monoisotopic (exact) mass is 252 g/mol. The lowest BCUT2D eigenvalue weighted by Crippen LogP contribution is -2.40. The van der Waals surface area contributed by atoms with E-state index in [1.807, 2.05) is 0 Å². The molecule has 0 bridgehead atoms. The van der Waals surface area contributed by atoms with Gasteiger partial charge in [-0.2, -0.15) is 0 Å². The molecule has 3 N–H and O–H groups in total. The van der Waals surface area contributed by atoms with E-state index in [2.05, 4.69) is 15.2 Å². The maximum absolute atomic E-state index is 11.0. The van der Waals surface area contributed by atoms with Gasteiger partial charge in [-0.3, -0.25) is 4.79 Å². The molecule has 102 valence electrons. The summed E-state index contributed by atoms with van der Waals surface area (Å²) in [6, 6.07) is 0.640. The molecule has 2 rings (SSSR count). The number of nitrogens with one attached hydrogen (secondary N) is 1. The van der Waals surface area contributed by atoms with Crippen LogP contribution in [0.3, 0.4) is 0 Å². The molecule has 0 spiro atoms. The molecule has 5 nitrogen and oxygen atoms in total. The van der Waals surface area contributed by atoms with Crippen molar-refractivity contribution in [2.45, 2.75) is 57.5 Å². The van der Waals surface area contributed by atoms with Crippen LogP contribution in [0.25, 0.3) is 0 Å². The minimum Gasteiger partial charge on any atom is -0.370 e. The molecule has 1 heterocycles. The molecule has 0 radical (unpaired) electrons. The van der Waals surface area contributed by atoms with Gasteiger partial charge >= 0.3 is 0 Å². The van der Waals surface area contributed by atoms with Crippen LogP contribution in [0.5, 0.6) is 0 Å². The van der Waals surface area contributed by atoms with Crippen LogP contribution in [0.15, 0.2) is 4.99 Å². The number of likely N-dealkylation sites (tertiary alicyclic amines) is 1. The van der Waals surface area contributed by atoms with E-state index in [4.69, 9.17) is 5.73 Å². The third-order valence-corrected chi connectivity index (χ3v) is 3.81. The number of carbonyl (C=O) groups is 1. The molecule has 0 aromatic rings. The summed E-state index contributed by atoms with van der Waals surface area (Å²) in [5.41, 5.74) is 6.07. The van der Waals surface area contributed by atoms with Gasteiger partial charge in [0.05, 0.1) is 6.04 Å². The smallest absolute Gasteiger partial charge is 0.217 e. The molecule has 1 aliphatic carbocycles. The van der Waals surface area contributed by atoms with Crippen molar-refractivity contribution in [3.05, 3.63) is 0 Å². The number of aliphatic imine (C=N–C) groups is 1. The first-order valence-electron chi connectivity index (χ1n) is 7.00. The highest BCUT2D eigenvalue weighted by atomic mass is 16.1. The van der Waals surface area contributed by atoms with Gasteiger partial charge in [0.2, 0.25) is 5.91 Å². The fraction of sp³-hybridized carbons (Fsp3) is 0.846. The molecule has 1 aliphatic heterocycles. The van der Waals surface area contributed by atoms with E-state index in [1.165, 1.54) is 32.1 Å². The largest absolute Gasteiger partial charge is 0.370 e. The average molecular weight is 252 g/mol. The molecule has 1 unspecified atom stereocenters. The molecular weight excluding hydrogens is 228 g/mol. The zero-order valence-corrected chi connectivity index (χ0v) is 11.2. The van der Waals surface area contributed by atoms with Crippen LogP contribution in [0.2, 0.25) is 0 Å². The number of hydrogen-bond donors (Lipinski definition) is 2. The van der Waals surface area contributed by atoms with Gasteiger partial charge in [0, 0.05) is 26.1 Å². The Hall–Kier alpha value is -1.26. The van der Waals surface area contributed by atoms with E-state index in [-0.39, 0.29) is 11.9 Å². The molecular formula is C13H24N4O. The third-order valence-electron chi connectivity index (χ3n) is 3.81. The lowest BCUT2D eigenvalue weighted by molar-refractivity contribution is -0.119. The zero-order valence-electron chi connectivity index (χ0n) is 11.2. The fourth-order valence-electron chi connectivity index (χ4n) is 2.85. The first kappa shape index (κ1) is 13.2. The van der Waals surface area contributed by atoms with Crippen molar-refractivity contribution in [1.29, 1.82) is 0 Å². The molecule has 1 saturated heterocycles. The number of rotatable bonds is 2. The minimum atomic E-state index is 0.0321. The predicted molar refractivity (Wildman–Crippen MR) is 72.3 cm³/mol. The molecule has 0 aromatic carbocycles. The standard InChI is InChI=1S/C13H24N4O/c1-10(18)15-12-7-8-17(9-12)13(14)16-11-5-3-2-4-6-11/h11-12H,2-9H2,1H3,(H2,14,16)(H,15,18). The number of guanidine groups is 1. The van der Waals surface area contributed by atoms with Crippen LogP contribution in [0, 0.1) is 0 Å². The van der Waals surface area contributed by atoms with Crippen molar-refractivity contribution >= 4 is 11.9 Å². The van der Waals surface area contributed by atoms with Crippen molar-refractivity contribution in [2.75, 3.05) is 13.1 Å². The molecule has 1 atom stereocenters. The predicted octanol–water partition coefficient (Wildman–Crippen LogP) is 0.844. The Balaban J connectivity index is 1.84. The lowest BCUT2D eigenvalue weighted by atomic mass is 9.96. The van der Waals surface area contributed by atoms with Crippen LogP contribution >= 0.6 is 0 Å². The summed E-state index contributed by atoms with van der Waals surface area (Å²) >= 11 is 0. The van der Waals surface area contributed by atoms with E-state index in [0.717, 1.165) is 19.5 Å². The first-order valence-corrected chi connectivity index (χ1v) is 7.00. The molecule has 5 heteroatoms. The number of nitrogens with zero attached hydrogens (tertiary/aromatic N) is 2. The molecule has 2 aliphatic rings. The van der Waals surface area contributed by atoms with Crippen LogP contribution in [0.4, 0.5) is 0 Å². The summed E-state index contributed by atoms with van der Waals surface area (Å²) in [5, 5.41) is 2.94. The van der Waals surface area contributed by atoms with Crippen LogP contribution in [-0.2, 0) is 4.79 Å². The highest BCUT2D eigenvalue weighted by molar-refractivity contribution is 5.79. The molecule has 2 fully saturated rings. The first-order chi connectivity index (χ1) is 8.65. The summed E-state index contributed by atoms with van der Waals surface area (Å²) in [6.07, 6.45) is 7.18. The maximum atomic E-state index is 11.0. The van der Waals surface area contributed by atoms with Gasteiger partial charge in [0.25, 0.3) is 0 Å². The van der Waals surface area contributed by atoms with Gasteiger partial charge in [0.1, 0.15) is 0 Å². The van der Waals surface area contributed by atoms with Gasteiger partial charge in [-0.1, -0.05) is 19.3 Å². The van der Waals surface area contributed by atoms with Gasteiger partial charge in [-0.05, 0) is 19.3 Å². The van der Waals surface area contributed by atoms with Crippen molar-refractivity contribution < 1.29 is 4.79 Å². The highest BCUT2D eigenvalue weighted by Crippen LogP contribution is 2.20. The van der Waals surface area contributed by atoms with Gasteiger partial charge < -0.3 is 16.0 Å². The number of nitrogens with two attached hydrogens (primary N) is 1. The van der Waals surface area contributed by atoms with Crippen LogP contribution < -0.4 is 11.1 Å². The van der Waals surface area contributed by atoms with E-state index in [9.17, 15) is 4.79 Å². The Morgan fingerprint density at radius 1 is 1.28 bits per heavy atom. The Bertz CT molecular complexity index is 323. The number of carbonyl (C=O) groups excluding carboxylic acids is 1. The van der Waals surface area contributed by atoms with E-state index in [0.29, 0.717) is 12.0 Å². The zero-order chi connectivity index (χ0) is 13.0. The van der Waals surface area contributed by atoms with E-state index >= 15 is 0 Å². The summed E-state index contributed by atoms with van der Waals surface area (Å²) in [6.45, 7) is 3.25. The summed E-state index contributed by atoms with van der Waals surface area (Å²) in [7, 11) is 0. The fourth-order valence-corrected chi connectivity index (χ4v) is 2.85. The molecule has 18 heavy (non-hydrogen) atoms. The second-order valence-corrected chi connectivity index (χ2v) is 5.41. The van der Waals surface area contributed by atoms with Gasteiger partial charge in [0.15, 0.2) is 5.96 Å². The number of amides is 1. The second kappa shape index (κ2) is 6.07. The quantitative estimate of drug-likeness (QED) is 0.565. The molecule has 1 saturated carbocycles. The van der Waals surface area contributed by atoms with Crippen LogP contribution in [-0.4, -0.2) is 41.9 Å². The highest BCUT2D eigenvalue weighted by Gasteiger charge is 2.25. The van der Waals surface area contributed by atoms with Gasteiger partial charge in [-0.25, -0.2) is 4.99 Å². The summed E-state index contributed by atoms with van der Waals surface area (Å²) < 4.78 is 0. The third kappa shape index (κ3) is 3.62. The summed E-state index contributed by atoms with van der Waals surface area (Å²) in [5.74, 6) is 0.694. The summed E-state index contributed by atoms with van der Waals surface area (Å²) in [4.78, 5) is 17.7. The minimum absolute atomic E-state index is 0.0321.